The van der Waals surface area contributed by atoms with Crippen molar-refractivity contribution in [3.05, 3.63) is 70.4 Å². The Hall–Kier alpha value is -2.79. The Kier molecular flexibility index (Phi) is 6.71. The molecule has 28 heavy (non-hydrogen) atoms. The van der Waals surface area contributed by atoms with Gasteiger partial charge >= 0.3 is 0 Å². The van der Waals surface area contributed by atoms with Crippen molar-refractivity contribution in [2.75, 3.05) is 13.7 Å². The summed E-state index contributed by atoms with van der Waals surface area (Å²) < 4.78 is 5.19. The number of rotatable bonds is 7. The van der Waals surface area contributed by atoms with Crippen LogP contribution in [-0.2, 0) is 16.1 Å². The first kappa shape index (κ1) is 20.0. The zero-order valence-corrected chi connectivity index (χ0v) is 16.5. The minimum absolute atomic E-state index is 0.0563. The van der Waals surface area contributed by atoms with Crippen LogP contribution in [0.25, 0.3) is 6.08 Å². The predicted molar refractivity (Wildman–Crippen MR) is 110 cm³/mol. The van der Waals surface area contributed by atoms with Crippen molar-refractivity contribution >= 4 is 29.5 Å². The molecule has 1 saturated heterocycles. The zero-order chi connectivity index (χ0) is 19.9. The van der Waals surface area contributed by atoms with Crippen LogP contribution in [0.3, 0.4) is 0 Å². The lowest BCUT2D eigenvalue weighted by Gasteiger charge is -2.18. The summed E-state index contributed by atoms with van der Waals surface area (Å²) in [6, 6.07) is 15.0. The van der Waals surface area contributed by atoms with Gasteiger partial charge in [0.2, 0.25) is 11.8 Å². The maximum Gasteiger partial charge on any atom is 0.227 e. The van der Waals surface area contributed by atoms with Gasteiger partial charge in [0.05, 0.1) is 7.11 Å². The van der Waals surface area contributed by atoms with E-state index in [1.165, 1.54) is 0 Å². The van der Waals surface area contributed by atoms with E-state index in [1.54, 1.807) is 12.0 Å². The van der Waals surface area contributed by atoms with E-state index in [4.69, 9.17) is 16.3 Å². The lowest BCUT2D eigenvalue weighted by atomic mass is 10.1. The summed E-state index contributed by atoms with van der Waals surface area (Å²) in [6.45, 7) is 0.805. The van der Waals surface area contributed by atoms with Crippen LogP contribution in [0, 0.1) is 0 Å². The minimum Gasteiger partial charge on any atom is -0.497 e. The molecular formula is C22H23ClN2O3. The number of nitrogens with zero attached hydrogens (tertiary/aromatic N) is 1. The van der Waals surface area contributed by atoms with Gasteiger partial charge in [-0.05, 0) is 47.9 Å². The summed E-state index contributed by atoms with van der Waals surface area (Å²) in [5.74, 6) is 0.723. The highest BCUT2D eigenvalue weighted by molar-refractivity contribution is 6.30. The number of methoxy groups -OCH3 is 1. The quantitative estimate of drug-likeness (QED) is 0.766. The SMILES string of the molecule is COc1cccc(CNC(=O)CCN2C(=O)CC/C2=C\c2ccc(Cl)cc2)c1. The number of allylic oxidation sites excluding steroid dienone is 1. The Balaban J connectivity index is 1.54. The molecule has 1 fully saturated rings. The molecule has 3 rings (SSSR count). The molecule has 0 aromatic heterocycles. The fraction of sp³-hybridized carbons (Fsp3) is 0.273. The number of carbonyl (C=O) groups is 2. The van der Waals surface area contributed by atoms with Crippen molar-refractivity contribution < 1.29 is 14.3 Å². The Morgan fingerprint density at radius 3 is 2.75 bits per heavy atom. The first-order valence-electron chi connectivity index (χ1n) is 9.21. The fourth-order valence-electron chi connectivity index (χ4n) is 3.12. The highest BCUT2D eigenvalue weighted by Crippen LogP contribution is 2.25. The van der Waals surface area contributed by atoms with E-state index in [0.717, 1.165) is 22.6 Å². The van der Waals surface area contributed by atoms with Crippen LogP contribution in [0.2, 0.25) is 5.02 Å². The van der Waals surface area contributed by atoms with Crippen molar-refractivity contribution in [3.8, 4) is 5.75 Å². The molecule has 0 saturated carbocycles. The molecule has 146 valence electrons. The summed E-state index contributed by atoms with van der Waals surface area (Å²) in [6.07, 6.45) is 3.40. The molecule has 2 aromatic carbocycles. The molecule has 0 radical (unpaired) electrons. The van der Waals surface area contributed by atoms with Gasteiger partial charge in [-0.15, -0.1) is 0 Å². The molecule has 0 bridgehead atoms. The molecule has 1 heterocycles. The molecule has 6 heteroatoms. The monoisotopic (exact) mass is 398 g/mol. The third-order valence-electron chi connectivity index (χ3n) is 4.63. The Morgan fingerprint density at radius 2 is 2.00 bits per heavy atom. The average molecular weight is 399 g/mol. The summed E-state index contributed by atoms with van der Waals surface area (Å²) >= 11 is 5.92. The molecular weight excluding hydrogens is 376 g/mol. The van der Waals surface area contributed by atoms with Gasteiger partial charge in [-0.3, -0.25) is 9.59 Å². The lowest BCUT2D eigenvalue weighted by molar-refractivity contribution is -0.127. The van der Waals surface area contributed by atoms with Crippen LogP contribution in [0.15, 0.2) is 54.2 Å². The Labute approximate surface area is 169 Å². The molecule has 2 amide bonds. The van der Waals surface area contributed by atoms with Gasteiger partial charge in [0.15, 0.2) is 0 Å². The van der Waals surface area contributed by atoms with Crippen molar-refractivity contribution in [2.45, 2.75) is 25.8 Å². The number of hydrogen-bond donors (Lipinski definition) is 1. The lowest BCUT2D eigenvalue weighted by Crippen LogP contribution is -2.30. The molecule has 1 aliphatic rings. The average Bonchev–Trinajstić information content (AvgIpc) is 3.06. The van der Waals surface area contributed by atoms with Gasteiger partial charge in [-0.1, -0.05) is 35.9 Å². The number of ether oxygens (including phenoxy) is 1. The highest BCUT2D eigenvalue weighted by Gasteiger charge is 2.25. The number of nitrogens with one attached hydrogen (secondary N) is 1. The molecule has 1 N–H and O–H groups in total. The second-order valence-electron chi connectivity index (χ2n) is 6.61. The summed E-state index contributed by atoms with van der Waals surface area (Å²) in [4.78, 5) is 26.1. The number of benzene rings is 2. The predicted octanol–water partition coefficient (Wildman–Crippen LogP) is 4.02. The Morgan fingerprint density at radius 1 is 1.21 bits per heavy atom. The zero-order valence-electron chi connectivity index (χ0n) is 15.8. The second kappa shape index (κ2) is 9.42. The van der Waals surface area contributed by atoms with E-state index in [1.807, 2.05) is 54.6 Å². The van der Waals surface area contributed by atoms with Crippen molar-refractivity contribution in [1.29, 1.82) is 0 Å². The number of likely N-dealkylation sites (tertiary alicyclic amines) is 1. The number of hydrogen-bond acceptors (Lipinski definition) is 3. The van der Waals surface area contributed by atoms with E-state index < -0.39 is 0 Å². The smallest absolute Gasteiger partial charge is 0.227 e. The molecule has 2 aromatic rings. The first-order valence-corrected chi connectivity index (χ1v) is 9.59. The molecule has 1 aliphatic heterocycles. The fourth-order valence-corrected chi connectivity index (χ4v) is 3.25. The van der Waals surface area contributed by atoms with Crippen LogP contribution in [0.5, 0.6) is 5.75 Å². The van der Waals surface area contributed by atoms with Crippen molar-refractivity contribution in [2.24, 2.45) is 0 Å². The van der Waals surface area contributed by atoms with E-state index in [0.29, 0.717) is 31.0 Å². The number of carbonyl (C=O) groups excluding carboxylic acids is 2. The topological polar surface area (TPSA) is 58.6 Å². The Bertz CT molecular complexity index is 878. The van der Waals surface area contributed by atoms with Crippen LogP contribution in [-0.4, -0.2) is 30.4 Å². The molecule has 0 aliphatic carbocycles. The largest absolute Gasteiger partial charge is 0.497 e. The first-order chi connectivity index (χ1) is 13.5. The van der Waals surface area contributed by atoms with Gasteiger partial charge in [-0.25, -0.2) is 0 Å². The summed E-state index contributed by atoms with van der Waals surface area (Å²) in [5.41, 5.74) is 2.89. The van der Waals surface area contributed by atoms with Gasteiger partial charge in [0.1, 0.15) is 5.75 Å². The summed E-state index contributed by atoms with van der Waals surface area (Å²) in [5, 5.41) is 3.57. The normalized spacial score (nSPS) is 15.1. The number of halogens is 1. The standard InChI is InChI=1S/C22H23ClN2O3/c1-28-20-4-2-3-17(14-20)15-24-21(26)11-12-25-19(9-10-22(25)27)13-16-5-7-18(23)8-6-16/h2-8,13-14H,9-12,15H2,1H3,(H,24,26)/b19-13+. The molecule has 0 spiro atoms. The minimum atomic E-state index is -0.0895. The van der Waals surface area contributed by atoms with E-state index in [-0.39, 0.29) is 18.2 Å². The third kappa shape index (κ3) is 5.36. The van der Waals surface area contributed by atoms with E-state index >= 15 is 0 Å². The van der Waals surface area contributed by atoms with Crippen molar-refractivity contribution in [3.63, 3.8) is 0 Å². The molecule has 0 atom stereocenters. The van der Waals surface area contributed by atoms with Gasteiger partial charge < -0.3 is 15.0 Å². The highest BCUT2D eigenvalue weighted by atomic mass is 35.5. The van der Waals surface area contributed by atoms with Crippen molar-refractivity contribution in [1.82, 2.24) is 10.2 Å². The van der Waals surface area contributed by atoms with Crippen LogP contribution in [0.1, 0.15) is 30.4 Å². The van der Waals surface area contributed by atoms with Gasteiger partial charge in [0.25, 0.3) is 0 Å². The summed E-state index contributed by atoms with van der Waals surface area (Å²) in [7, 11) is 1.61. The third-order valence-corrected chi connectivity index (χ3v) is 4.88. The van der Waals surface area contributed by atoms with E-state index in [2.05, 4.69) is 5.32 Å². The van der Waals surface area contributed by atoms with Gasteiger partial charge in [-0.2, -0.15) is 0 Å². The second-order valence-corrected chi connectivity index (χ2v) is 7.05. The van der Waals surface area contributed by atoms with Crippen LogP contribution < -0.4 is 10.1 Å². The van der Waals surface area contributed by atoms with E-state index in [9.17, 15) is 9.59 Å². The van der Waals surface area contributed by atoms with Crippen LogP contribution in [0.4, 0.5) is 0 Å². The molecule has 5 nitrogen and oxygen atoms in total. The maximum absolute atomic E-state index is 12.2. The van der Waals surface area contributed by atoms with Gasteiger partial charge in [0, 0.05) is 36.7 Å². The molecule has 0 unspecified atom stereocenters. The maximum atomic E-state index is 12.2. The van der Waals surface area contributed by atoms with Crippen LogP contribution >= 0.6 is 11.6 Å². The number of amides is 2.